The summed E-state index contributed by atoms with van der Waals surface area (Å²) in [6, 6.07) is 14.7. The van der Waals surface area contributed by atoms with Gasteiger partial charge in [0.15, 0.2) is 0 Å². The van der Waals surface area contributed by atoms with Crippen molar-refractivity contribution in [1.82, 2.24) is 14.8 Å². The molecule has 0 unspecified atom stereocenters. The highest BCUT2D eigenvalue weighted by atomic mass is 35.5. The molecule has 0 spiro atoms. The lowest BCUT2D eigenvalue weighted by molar-refractivity contribution is -0.128. The molecule has 0 radical (unpaired) electrons. The quantitative estimate of drug-likeness (QED) is 0.625. The molecule has 3 heterocycles. The van der Waals surface area contributed by atoms with Crippen LogP contribution in [0.15, 0.2) is 48.5 Å². The largest absolute Gasteiger partial charge is 0.356 e. The number of fused-ring (bicyclic) bond motifs is 4. The van der Waals surface area contributed by atoms with Crippen LogP contribution in [0, 0.1) is 0 Å². The molecule has 3 amide bonds. The molecular weight excluding hydrogens is 386 g/mol. The first-order valence-electron chi connectivity index (χ1n) is 10.1. The number of aromatic nitrogens is 1. The summed E-state index contributed by atoms with van der Waals surface area (Å²) in [4.78, 5) is 33.2. The van der Waals surface area contributed by atoms with Crippen molar-refractivity contribution in [3.8, 4) is 0 Å². The molecule has 148 valence electrons. The van der Waals surface area contributed by atoms with E-state index in [-0.39, 0.29) is 18.0 Å². The number of halogens is 1. The summed E-state index contributed by atoms with van der Waals surface area (Å²) in [5.41, 5.74) is 4.09. The number of hydrogen-bond donors (Lipinski definition) is 1. The van der Waals surface area contributed by atoms with Gasteiger partial charge in [-0.15, -0.1) is 0 Å². The van der Waals surface area contributed by atoms with Gasteiger partial charge in [-0.05, 0) is 35.7 Å². The van der Waals surface area contributed by atoms with Gasteiger partial charge in [0.25, 0.3) is 5.91 Å². The van der Waals surface area contributed by atoms with Crippen molar-refractivity contribution in [2.24, 2.45) is 0 Å². The number of rotatable bonds is 4. The Balaban J connectivity index is 1.68. The fourth-order valence-electron chi connectivity index (χ4n) is 4.64. The Labute approximate surface area is 174 Å². The number of carbonyl (C=O) groups is 2. The van der Waals surface area contributed by atoms with Crippen molar-refractivity contribution < 1.29 is 9.59 Å². The predicted molar refractivity (Wildman–Crippen MR) is 113 cm³/mol. The van der Waals surface area contributed by atoms with Crippen LogP contribution < -0.4 is 0 Å². The first kappa shape index (κ1) is 18.3. The lowest BCUT2D eigenvalue weighted by atomic mass is 9.89. The van der Waals surface area contributed by atoms with Gasteiger partial charge in [-0.25, -0.2) is 4.79 Å². The molecule has 2 aliphatic heterocycles. The summed E-state index contributed by atoms with van der Waals surface area (Å²) in [5, 5.41) is 1.76. The molecule has 1 saturated heterocycles. The van der Waals surface area contributed by atoms with E-state index in [1.54, 1.807) is 4.90 Å². The number of benzene rings is 2. The standard InChI is InChI=1S/C23H22ClN3O2/c1-2-3-12-26-22(28)19-13-17-16-6-4-5-7-18(16)25-20(17)21(27(19)23(26)29)14-8-10-15(24)11-9-14/h4-11,19,21,25H,2-3,12-13H2,1H3/t19-,21-/m0/s1. The summed E-state index contributed by atoms with van der Waals surface area (Å²) in [6.45, 7) is 2.54. The van der Waals surface area contributed by atoms with Crippen LogP contribution in [0.25, 0.3) is 10.9 Å². The number of hydrogen-bond acceptors (Lipinski definition) is 2. The van der Waals surface area contributed by atoms with E-state index in [0.29, 0.717) is 18.0 Å². The summed E-state index contributed by atoms with van der Waals surface area (Å²) in [5.74, 6) is -0.0849. The van der Waals surface area contributed by atoms with Crippen molar-refractivity contribution in [2.45, 2.75) is 38.3 Å². The third-order valence-corrected chi connectivity index (χ3v) is 6.31. The van der Waals surface area contributed by atoms with Crippen molar-refractivity contribution in [3.05, 3.63) is 70.4 Å². The van der Waals surface area contributed by atoms with Crippen molar-refractivity contribution in [1.29, 1.82) is 0 Å². The third-order valence-electron chi connectivity index (χ3n) is 6.06. The van der Waals surface area contributed by atoms with E-state index in [2.05, 4.69) is 18.0 Å². The average Bonchev–Trinajstić information content (AvgIpc) is 3.21. The molecule has 0 aliphatic carbocycles. The minimum Gasteiger partial charge on any atom is -0.356 e. The van der Waals surface area contributed by atoms with Gasteiger partial charge in [-0.3, -0.25) is 14.6 Å². The van der Waals surface area contributed by atoms with Crippen LogP contribution in [0.3, 0.4) is 0 Å². The molecule has 1 N–H and O–H groups in total. The molecule has 1 aromatic heterocycles. The number of H-pyrrole nitrogens is 1. The van der Waals surface area contributed by atoms with Gasteiger partial charge in [-0.2, -0.15) is 0 Å². The second-order valence-corrected chi connectivity index (χ2v) is 8.21. The number of amides is 3. The van der Waals surface area contributed by atoms with E-state index in [4.69, 9.17) is 11.6 Å². The molecule has 5 nitrogen and oxygen atoms in total. The van der Waals surface area contributed by atoms with E-state index in [0.717, 1.165) is 40.6 Å². The third kappa shape index (κ3) is 2.76. The molecule has 1 fully saturated rings. The number of para-hydroxylation sites is 1. The Kier molecular flexibility index (Phi) is 4.36. The first-order valence-corrected chi connectivity index (χ1v) is 10.5. The molecule has 2 aromatic carbocycles. The van der Waals surface area contributed by atoms with Gasteiger partial charge >= 0.3 is 6.03 Å². The van der Waals surface area contributed by atoms with Crippen LogP contribution in [0.1, 0.15) is 42.6 Å². The average molecular weight is 408 g/mol. The molecule has 6 heteroatoms. The maximum atomic E-state index is 13.3. The Morgan fingerprint density at radius 1 is 1.10 bits per heavy atom. The summed E-state index contributed by atoms with van der Waals surface area (Å²) >= 11 is 6.11. The van der Waals surface area contributed by atoms with E-state index < -0.39 is 6.04 Å². The normalized spacial score (nSPS) is 21.0. The zero-order valence-electron chi connectivity index (χ0n) is 16.2. The van der Waals surface area contributed by atoms with Gasteiger partial charge in [0.05, 0.1) is 0 Å². The van der Waals surface area contributed by atoms with Crippen LogP contribution in [0.2, 0.25) is 5.02 Å². The Hall–Kier alpha value is -2.79. The zero-order chi connectivity index (χ0) is 20.1. The Bertz CT molecular complexity index is 1110. The monoisotopic (exact) mass is 407 g/mol. The second kappa shape index (κ2) is 6.92. The van der Waals surface area contributed by atoms with Crippen LogP contribution in [0.5, 0.6) is 0 Å². The van der Waals surface area contributed by atoms with Crippen LogP contribution in [0.4, 0.5) is 4.79 Å². The van der Waals surface area contributed by atoms with Crippen LogP contribution in [-0.4, -0.2) is 39.3 Å². The van der Waals surface area contributed by atoms with E-state index in [9.17, 15) is 9.59 Å². The molecule has 29 heavy (non-hydrogen) atoms. The van der Waals surface area contributed by atoms with Gasteiger partial charge in [0.1, 0.15) is 12.1 Å². The van der Waals surface area contributed by atoms with Gasteiger partial charge in [0.2, 0.25) is 0 Å². The van der Waals surface area contributed by atoms with Crippen molar-refractivity contribution >= 4 is 34.4 Å². The molecule has 2 atom stereocenters. The lowest BCUT2D eigenvalue weighted by Gasteiger charge is -2.36. The van der Waals surface area contributed by atoms with Gasteiger partial charge in [-0.1, -0.05) is 55.3 Å². The lowest BCUT2D eigenvalue weighted by Crippen LogP contribution is -2.44. The van der Waals surface area contributed by atoms with E-state index in [1.165, 1.54) is 4.90 Å². The fourth-order valence-corrected chi connectivity index (χ4v) is 4.77. The predicted octanol–water partition coefficient (Wildman–Crippen LogP) is 4.90. The molecular formula is C23H22ClN3O2. The maximum absolute atomic E-state index is 13.3. The number of unbranched alkanes of at least 4 members (excludes halogenated alkanes) is 1. The molecule has 0 saturated carbocycles. The molecule has 3 aromatic rings. The highest BCUT2D eigenvalue weighted by Crippen LogP contribution is 2.44. The summed E-state index contributed by atoms with van der Waals surface area (Å²) in [7, 11) is 0. The minimum absolute atomic E-state index is 0.0849. The second-order valence-electron chi connectivity index (χ2n) is 7.77. The first-order chi connectivity index (χ1) is 14.1. The van der Waals surface area contributed by atoms with Crippen molar-refractivity contribution in [2.75, 3.05) is 6.54 Å². The number of urea groups is 1. The Morgan fingerprint density at radius 3 is 2.62 bits per heavy atom. The van der Waals surface area contributed by atoms with Gasteiger partial charge < -0.3 is 4.98 Å². The topological polar surface area (TPSA) is 56.4 Å². The number of imide groups is 1. The number of aromatic amines is 1. The van der Waals surface area contributed by atoms with Crippen LogP contribution >= 0.6 is 11.6 Å². The smallest absolute Gasteiger partial charge is 0.328 e. The maximum Gasteiger partial charge on any atom is 0.328 e. The number of nitrogens with one attached hydrogen (secondary N) is 1. The van der Waals surface area contributed by atoms with Crippen LogP contribution in [-0.2, 0) is 11.2 Å². The fraction of sp³-hybridized carbons (Fsp3) is 0.304. The molecule has 5 rings (SSSR count). The van der Waals surface area contributed by atoms with Crippen molar-refractivity contribution in [3.63, 3.8) is 0 Å². The number of carbonyl (C=O) groups excluding carboxylic acids is 2. The minimum atomic E-state index is -0.466. The van der Waals surface area contributed by atoms with Gasteiger partial charge in [0, 0.05) is 34.6 Å². The highest BCUT2D eigenvalue weighted by molar-refractivity contribution is 6.30. The number of nitrogens with zero attached hydrogens (tertiary/aromatic N) is 2. The SMILES string of the molecule is CCCCN1C(=O)[C@@H]2Cc3c([nH]c4ccccc34)[C@H](c3ccc(Cl)cc3)N2C1=O. The molecule has 0 bridgehead atoms. The highest BCUT2D eigenvalue weighted by Gasteiger charge is 2.52. The summed E-state index contributed by atoms with van der Waals surface area (Å²) in [6.07, 6.45) is 2.29. The Morgan fingerprint density at radius 2 is 1.86 bits per heavy atom. The molecule has 2 aliphatic rings. The zero-order valence-corrected chi connectivity index (χ0v) is 16.9. The summed E-state index contributed by atoms with van der Waals surface area (Å²) < 4.78 is 0. The van der Waals surface area contributed by atoms with E-state index >= 15 is 0 Å². The van der Waals surface area contributed by atoms with E-state index in [1.807, 2.05) is 42.5 Å².